The van der Waals surface area contributed by atoms with E-state index in [2.05, 4.69) is 4.98 Å². The maximum absolute atomic E-state index is 14.0. The fourth-order valence-corrected chi connectivity index (χ4v) is 8.52. The Labute approximate surface area is 240 Å². The zero-order valence-electron chi connectivity index (χ0n) is 23.1. The van der Waals surface area contributed by atoms with E-state index >= 15 is 0 Å². The first-order valence-electron chi connectivity index (χ1n) is 14.3. The molecule has 1 unspecified atom stereocenters. The molecular weight excluding hydrogens is 540 g/mol. The minimum absolute atomic E-state index is 0.0557. The van der Waals surface area contributed by atoms with Gasteiger partial charge in [-0.05, 0) is 24.8 Å². The van der Waals surface area contributed by atoms with Gasteiger partial charge in [0.1, 0.15) is 0 Å². The van der Waals surface area contributed by atoms with Gasteiger partial charge in [-0.3, -0.25) is 9.36 Å². The minimum Gasteiger partial charge on any atom is -0.387 e. The van der Waals surface area contributed by atoms with Gasteiger partial charge in [-0.2, -0.15) is 0 Å². The summed E-state index contributed by atoms with van der Waals surface area (Å²) in [5.74, 6) is -0.152. The van der Waals surface area contributed by atoms with Gasteiger partial charge < -0.3 is 14.9 Å². The molecule has 2 aliphatic heterocycles. The summed E-state index contributed by atoms with van der Waals surface area (Å²) >= 11 is 0. The third-order valence-corrected chi connectivity index (χ3v) is 11.0. The van der Waals surface area contributed by atoms with Crippen LogP contribution in [0.25, 0.3) is 11.3 Å². The smallest absolute Gasteiger partial charge is 0.320 e. The lowest BCUT2D eigenvalue weighted by Gasteiger charge is -2.53. The number of hydrogen-bond donors (Lipinski definition) is 1. The van der Waals surface area contributed by atoms with E-state index in [-0.39, 0.29) is 36.2 Å². The molecule has 0 radical (unpaired) electrons. The van der Waals surface area contributed by atoms with Crippen molar-refractivity contribution in [2.45, 2.75) is 50.3 Å². The molecule has 216 valence electrons. The number of likely N-dealkylation sites (tertiary alicyclic amines) is 1. The molecule has 3 heterocycles. The zero-order chi connectivity index (χ0) is 28.7. The lowest BCUT2D eigenvalue weighted by Crippen LogP contribution is -2.64. The number of aromatic nitrogens is 2. The Hall–Kier alpha value is -3.50. The summed E-state index contributed by atoms with van der Waals surface area (Å²) in [6.45, 7) is 0.956. The van der Waals surface area contributed by atoms with Crippen molar-refractivity contribution in [2.75, 3.05) is 31.1 Å². The summed E-state index contributed by atoms with van der Waals surface area (Å²) in [7, 11) is -3.27. The summed E-state index contributed by atoms with van der Waals surface area (Å²) in [6, 6.07) is 19.6. The van der Waals surface area contributed by atoms with Gasteiger partial charge in [-0.1, -0.05) is 73.5 Å². The Morgan fingerprint density at radius 2 is 1.66 bits per heavy atom. The molecule has 1 saturated carbocycles. The first kappa shape index (κ1) is 27.7. The van der Waals surface area contributed by atoms with Crippen LogP contribution in [0.1, 0.15) is 43.7 Å². The van der Waals surface area contributed by atoms with Crippen LogP contribution in [-0.4, -0.2) is 75.6 Å². The van der Waals surface area contributed by atoms with Crippen molar-refractivity contribution in [3.63, 3.8) is 0 Å². The maximum atomic E-state index is 14.0. The SMILES string of the molecule is O=C(N1CC[C@@](O)(Cn2cnc(-c3ccccc3)cc2=O)C2(CCCC2)C1)N1CCS(=O)(=O)CC1c1ccccc1. The number of rotatable bonds is 4. The highest BCUT2D eigenvalue weighted by Gasteiger charge is 2.56. The number of carbonyl (C=O) groups is 1. The average molecular weight is 577 g/mol. The van der Waals surface area contributed by atoms with Crippen molar-refractivity contribution in [2.24, 2.45) is 5.41 Å². The van der Waals surface area contributed by atoms with Gasteiger partial charge in [0.05, 0.1) is 41.7 Å². The number of nitrogens with zero attached hydrogens (tertiary/aromatic N) is 4. The summed E-state index contributed by atoms with van der Waals surface area (Å²) in [5.41, 5.74) is 0.297. The van der Waals surface area contributed by atoms with E-state index in [0.717, 1.165) is 36.8 Å². The Balaban J connectivity index is 1.24. The number of hydrogen-bond acceptors (Lipinski definition) is 6. The molecule has 2 amide bonds. The van der Waals surface area contributed by atoms with Gasteiger partial charge in [0.25, 0.3) is 5.56 Å². The van der Waals surface area contributed by atoms with Crippen LogP contribution in [0.3, 0.4) is 0 Å². The van der Waals surface area contributed by atoms with Crippen LogP contribution in [-0.2, 0) is 16.4 Å². The van der Waals surface area contributed by atoms with E-state index in [4.69, 9.17) is 0 Å². The van der Waals surface area contributed by atoms with E-state index in [0.29, 0.717) is 25.2 Å². The number of aliphatic hydroxyl groups is 1. The number of benzene rings is 2. The van der Waals surface area contributed by atoms with Crippen LogP contribution in [0.15, 0.2) is 77.9 Å². The molecule has 2 atom stereocenters. The normalized spacial score (nSPS) is 25.3. The highest BCUT2D eigenvalue weighted by atomic mass is 32.2. The standard InChI is InChI=1S/C31H36N4O5S/c36-28-19-26(24-9-3-1-4-10-24)32-23-34(28)22-31(38)15-16-33(21-30(31)13-7-8-14-30)29(37)35-17-18-41(39,40)20-27(35)25-11-5-2-6-12-25/h1-6,9-12,19,23,27,38H,7-8,13-18,20-22H2/t27?,31-/m1/s1. The molecular formula is C31H36N4O5S. The van der Waals surface area contributed by atoms with Crippen LogP contribution in [0, 0.1) is 5.41 Å². The molecule has 1 aromatic heterocycles. The summed E-state index contributed by atoms with van der Waals surface area (Å²) < 4.78 is 26.6. The Morgan fingerprint density at radius 3 is 2.34 bits per heavy atom. The van der Waals surface area contributed by atoms with Crippen LogP contribution in [0.5, 0.6) is 0 Å². The third-order valence-electron chi connectivity index (χ3n) is 9.35. The summed E-state index contributed by atoms with van der Waals surface area (Å²) in [5, 5.41) is 12.2. The summed E-state index contributed by atoms with van der Waals surface area (Å²) in [6.07, 6.45) is 5.25. The fourth-order valence-electron chi connectivity index (χ4n) is 7.02. The average Bonchev–Trinajstić information content (AvgIpc) is 3.46. The Morgan fingerprint density at radius 1 is 0.976 bits per heavy atom. The van der Waals surface area contributed by atoms with E-state index in [1.807, 2.05) is 60.7 Å². The van der Waals surface area contributed by atoms with E-state index < -0.39 is 26.9 Å². The lowest BCUT2D eigenvalue weighted by atomic mass is 9.66. The highest BCUT2D eigenvalue weighted by Crippen LogP contribution is 2.52. The fraction of sp³-hybridized carbons (Fsp3) is 0.452. The molecule has 3 aliphatic rings. The molecule has 1 spiro atoms. The Kier molecular flexibility index (Phi) is 7.23. The van der Waals surface area contributed by atoms with Crippen LogP contribution in [0.4, 0.5) is 4.79 Å². The van der Waals surface area contributed by atoms with Crippen molar-refractivity contribution in [1.82, 2.24) is 19.4 Å². The van der Waals surface area contributed by atoms with Gasteiger partial charge >= 0.3 is 6.03 Å². The third kappa shape index (κ3) is 5.30. The second kappa shape index (κ2) is 10.7. The number of piperidine rings is 1. The van der Waals surface area contributed by atoms with Crippen molar-refractivity contribution in [3.8, 4) is 11.3 Å². The van der Waals surface area contributed by atoms with Gasteiger partial charge in [0.2, 0.25) is 0 Å². The van der Waals surface area contributed by atoms with Crippen LogP contribution < -0.4 is 5.56 Å². The molecule has 0 bridgehead atoms. The second-order valence-corrected chi connectivity index (χ2v) is 14.0. The molecule has 2 saturated heterocycles. The van der Waals surface area contributed by atoms with Crippen LogP contribution >= 0.6 is 0 Å². The molecule has 3 aromatic rings. The van der Waals surface area contributed by atoms with Gasteiger partial charge in [0, 0.05) is 36.7 Å². The number of urea groups is 1. The number of carbonyl (C=O) groups excluding carboxylic acids is 1. The predicted molar refractivity (Wildman–Crippen MR) is 156 cm³/mol. The lowest BCUT2D eigenvalue weighted by molar-refractivity contribution is -0.136. The first-order chi connectivity index (χ1) is 19.7. The van der Waals surface area contributed by atoms with Crippen molar-refractivity contribution in [3.05, 3.63) is 89.0 Å². The second-order valence-electron chi connectivity index (χ2n) is 11.8. The number of sulfone groups is 1. The molecule has 2 aromatic carbocycles. The molecule has 41 heavy (non-hydrogen) atoms. The van der Waals surface area contributed by atoms with Gasteiger partial charge in [-0.15, -0.1) is 0 Å². The zero-order valence-corrected chi connectivity index (χ0v) is 23.9. The molecule has 10 heteroatoms. The van der Waals surface area contributed by atoms with Crippen molar-refractivity contribution < 1.29 is 18.3 Å². The molecule has 1 N–H and O–H groups in total. The number of amides is 2. The molecule has 9 nitrogen and oxygen atoms in total. The highest BCUT2D eigenvalue weighted by molar-refractivity contribution is 7.91. The summed E-state index contributed by atoms with van der Waals surface area (Å²) in [4.78, 5) is 35.1. The van der Waals surface area contributed by atoms with Crippen molar-refractivity contribution in [1.29, 1.82) is 0 Å². The van der Waals surface area contributed by atoms with Crippen molar-refractivity contribution >= 4 is 15.9 Å². The topological polar surface area (TPSA) is 113 Å². The van der Waals surface area contributed by atoms with Gasteiger partial charge in [-0.25, -0.2) is 18.2 Å². The minimum atomic E-state index is -3.27. The molecule has 3 fully saturated rings. The monoisotopic (exact) mass is 576 g/mol. The van der Waals surface area contributed by atoms with E-state index in [1.165, 1.54) is 17.0 Å². The van der Waals surface area contributed by atoms with E-state index in [1.54, 1.807) is 9.80 Å². The first-order valence-corrected chi connectivity index (χ1v) is 16.2. The van der Waals surface area contributed by atoms with Gasteiger partial charge in [0.15, 0.2) is 9.84 Å². The van der Waals surface area contributed by atoms with E-state index in [9.17, 15) is 23.1 Å². The van der Waals surface area contributed by atoms with Crippen LogP contribution in [0.2, 0.25) is 0 Å². The largest absolute Gasteiger partial charge is 0.387 e. The molecule has 1 aliphatic carbocycles. The predicted octanol–water partition coefficient (Wildman–Crippen LogP) is 3.50. The quantitative estimate of drug-likeness (QED) is 0.509. The Bertz CT molecular complexity index is 1570. The molecule has 6 rings (SSSR count). The maximum Gasteiger partial charge on any atom is 0.320 e.